The quantitative estimate of drug-likeness (QED) is 0.0194. The number of carbonyl (C=O) groups is 2. The van der Waals surface area contributed by atoms with E-state index in [0.29, 0.717) is 12.8 Å². The molecule has 2 saturated heterocycles. The standard InChI is InChI=1S/C51H88O15/c1-3-5-7-9-11-13-15-17-18-19-20-22-23-25-27-29-31-33-42(53)61-36-39(64-43(54)34-32-30-28-26-24-21-16-14-12-10-8-6-4-2)37-62-50-49(60)47(58)45(56)41(66-50)38-63-51-48(59)46(57)44(55)40(35-52)65-51/h6,8,12,14,17-18,21,24,39-41,44-52,55-60H,3-5,7,9-11,13,15-16,19-20,22-23,25-38H2,1-2H3/b8-6-,14-12-,18-17-,24-21-. The van der Waals surface area contributed by atoms with Crippen molar-refractivity contribution in [3.05, 3.63) is 48.6 Å². The van der Waals surface area contributed by atoms with Crippen LogP contribution in [0.15, 0.2) is 48.6 Å². The third-order valence-electron chi connectivity index (χ3n) is 11.8. The molecule has 66 heavy (non-hydrogen) atoms. The Labute approximate surface area is 395 Å². The first-order valence-electron chi connectivity index (χ1n) is 25.2. The van der Waals surface area contributed by atoms with Crippen molar-refractivity contribution in [3.8, 4) is 0 Å². The molecule has 2 heterocycles. The normalized spacial score (nSPS) is 26.6. The number of esters is 2. The minimum absolute atomic E-state index is 0.128. The van der Waals surface area contributed by atoms with Gasteiger partial charge in [-0.15, -0.1) is 0 Å². The number of aliphatic hydroxyl groups excluding tert-OH is 7. The molecule has 11 unspecified atom stereocenters. The lowest BCUT2D eigenvalue weighted by Gasteiger charge is -2.42. The molecule has 15 nitrogen and oxygen atoms in total. The summed E-state index contributed by atoms with van der Waals surface area (Å²) in [5, 5.41) is 72.0. The van der Waals surface area contributed by atoms with Gasteiger partial charge in [0.05, 0.1) is 19.8 Å². The average molecular weight is 941 g/mol. The molecule has 0 aromatic heterocycles. The molecule has 2 rings (SSSR count). The number of rotatable bonds is 38. The fourth-order valence-corrected chi connectivity index (χ4v) is 7.64. The average Bonchev–Trinajstić information content (AvgIpc) is 3.31. The lowest BCUT2D eigenvalue weighted by atomic mass is 9.98. The Kier molecular flexibility index (Phi) is 34.6. The number of carbonyl (C=O) groups excluding carboxylic acids is 2. The largest absolute Gasteiger partial charge is 0.462 e. The lowest BCUT2D eigenvalue weighted by molar-refractivity contribution is -0.332. The van der Waals surface area contributed by atoms with E-state index >= 15 is 0 Å². The SMILES string of the molecule is CC/C=C\C/C=C\C/C=C\CCCCCC(=O)OC(COC(=O)CCCCCCCCC/C=C\CCCCCCCC)COC1OC(COC2OC(CO)C(O)C(O)C2O)C(O)C(O)C1O. The van der Waals surface area contributed by atoms with E-state index in [-0.39, 0.29) is 19.4 Å². The van der Waals surface area contributed by atoms with Crippen LogP contribution in [-0.4, -0.2) is 142 Å². The summed E-state index contributed by atoms with van der Waals surface area (Å²) in [6, 6.07) is 0. The maximum absolute atomic E-state index is 13.0. The maximum Gasteiger partial charge on any atom is 0.306 e. The van der Waals surface area contributed by atoms with Crippen LogP contribution in [0.25, 0.3) is 0 Å². The first kappa shape index (κ1) is 59.6. The molecule has 11 atom stereocenters. The first-order valence-corrected chi connectivity index (χ1v) is 25.2. The summed E-state index contributed by atoms with van der Waals surface area (Å²) in [7, 11) is 0. The maximum atomic E-state index is 13.0. The van der Waals surface area contributed by atoms with Crippen molar-refractivity contribution >= 4 is 11.9 Å². The van der Waals surface area contributed by atoms with Gasteiger partial charge in [0.25, 0.3) is 0 Å². The topological polar surface area (TPSA) is 231 Å². The second-order valence-corrected chi connectivity index (χ2v) is 17.6. The van der Waals surface area contributed by atoms with Gasteiger partial charge >= 0.3 is 11.9 Å². The van der Waals surface area contributed by atoms with Crippen molar-refractivity contribution in [2.75, 3.05) is 26.4 Å². The summed E-state index contributed by atoms with van der Waals surface area (Å²) in [4.78, 5) is 25.7. The van der Waals surface area contributed by atoms with E-state index in [4.69, 9.17) is 28.4 Å². The van der Waals surface area contributed by atoms with E-state index < -0.39 is 99.3 Å². The zero-order chi connectivity index (χ0) is 48.2. The van der Waals surface area contributed by atoms with Crippen molar-refractivity contribution in [3.63, 3.8) is 0 Å². The molecule has 382 valence electrons. The molecule has 7 N–H and O–H groups in total. The van der Waals surface area contributed by atoms with E-state index in [1.54, 1.807) is 0 Å². The smallest absolute Gasteiger partial charge is 0.306 e. The van der Waals surface area contributed by atoms with Gasteiger partial charge in [-0.2, -0.15) is 0 Å². The lowest BCUT2D eigenvalue weighted by Crippen LogP contribution is -2.61. The Morgan fingerprint density at radius 2 is 0.955 bits per heavy atom. The highest BCUT2D eigenvalue weighted by molar-refractivity contribution is 5.70. The molecule has 2 aliphatic rings. The molecular formula is C51H88O15. The molecule has 0 aromatic carbocycles. The highest BCUT2D eigenvalue weighted by Crippen LogP contribution is 2.26. The van der Waals surface area contributed by atoms with E-state index in [1.165, 1.54) is 57.8 Å². The second-order valence-electron chi connectivity index (χ2n) is 17.6. The van der Waals surface area contributed by atoms with Crippen molar-refractivity contribution in [2.45, 2.75) is 235 Å². The Balaban J connectivity index is 1.82. The van der Waals surface area contributed by atoms with Gasteiger partial charge in [-0.1, -0.05) is 133 Å². The molecule has 15 heteroatoms. The van der Waals surface area contributed by atoms with Gasteiger partial charge < -0.3 is 64.2 Å². The Bertz CT molecular complexity index is 1340. The van der Waals surface area contributed by atoms with Crippen molar-refractivity contribution in [2.24, 2.45) is 0 Å². The number of ether oxygens (including phenoxy) is 6. The summed E-state index contributed by atoms with van der Waals surface area (Å²) < 4.78 is 33.5. The van der Waals surface area contributed by atoms with Crippen LogP contribution in [0.5, 0.6) is 0 Å². The molecule has 2 fully saturated rings. The van der Waals surface area contributed by atoms with Crippen LogP contribution in [0.3, 0.4) is 0 Å². The fraction of sp³-hybridized carbons (Fsp3) is 0.804. The minimum atomic E-state index is -1.77. The summed E-state index contributed by atoms with van der Waals surface area (Å²) in [6.45, 7) is 2.42. The van der Waals surface area contributed by atoms with Crippen LogP contribution in [0.4, 0.5) is 0 Å². The highest BCUT2D eigenvalue weighted by Gasteiger charge is 2.47. The third kappa shape index (κ3) is 26.3. The Morgan fingerprint density at radius 1 is 0.500 bits per heavy atom. The molecule has 0 spiro atoms. The third-order valence-corrected chi connectivity index (χ3v) is 11.8. The minimum Gasteiger partial charge on any atom is -0.462 e. The van der Waals surface area contributed by atoms with Gasteiger partial charge in [-0.05, 0) is 70.6 Å². The molecule has 0 aromatic rings. The Hall–Kier alpha value is -2.54. The predicted molar refractivity (Wildman–Crippen MR) is 252 cm³/mol. The molecular weight excluding hydrogens is 853 g/mol. The van der Waals surface area contributed by atoms with Crippen LogP contribution in [0, 0.1) is 0 Å². The number of aliphatic hydroxyl groups is 7. The van der Waals surface area contributed by atoms with Gasteiger partial charge in [-0.25, -0.2) is 0 Å². The molecule has 0 bridgehead atoms. The number of unbranched alkanes of at least 4 members (excludes halogenated alkanes) is 16. The van der Waals surface area contributed by atoms with E-state index in [0.717, 1.165) is 70.6 Å². The van der Waals surface area contributed by atoms with Gasteiger partial charge in [0.2, 0.25) is 0 Å². The van der Waals surface area contributed by atoms with Crippen LogP contribution < -0.4 is 0 Å². The van der Waals surface area contributed by atoms with Crippen molar-refractivity contribution in [1.82, 2.24) is 0 Å². The fourth-order valence-electron chi connectivity index (χ4n) is 7.64. The van der Waals surface area contributed by atoms with E-state index in [9.17, 15) is 45.3 Å². The van der Waals surface area contributed by atoms with Crippen molar-refractivity contribution in [1.29, 1.82) is 0 Å². The summed E-state index contributed by atoms with van der Waals surface area (Å²) in [5.74, 6) is -0.966. The van der Waals surface area contributed by atoms with Gasteiger partial charge in [0.1, 0.15) is 55.4 Å². The van der Waals surface area contributed by atoms with E-state index in [2.05, 4.69) is 62.5 Å². The summed E-state index contributed by atoms with van der Waals surface area (Å²) >= 11 is 0. The van der Waals surface area contributed by atoms with Crippen LogP contribution >= 0.6 is 0 Å². The molecule has 0 radical (unpaired) electrons. The summed E-state index contributed by atoms with van der Waals surface area (Å²) in [5.41, 5.74) is 0. The van der Waals surface area contributed by atoms with Gasteiger partial charge in [0, 0.05) is 12.8 Å². The zero-order valence-electron chi connectivity index (χ0n) is 40.2. The van der Waals surface area contributed by atoms with E-state index in [1.807, 2.05) is 0 Å². The van der Waals surface area contributed by atoms with Gasteiger partial charge in [0.15, 0.2) is 18.7 Å². The predicted octanol–water partition coefficient (Wildman–Crippen LogP) is 6.71. The molecule has 0 aliphatic carbocycles. The van der Waals surface area contributed by atoms with Gasteiger partial charge in [-0.3, -0.25) is 9.59 Å². The molecule has 0 amide bonds. The second kappa shape index (κ2) is 38.3. The monoisotopic (exact) mass is 941 g/mol. The molecule has 0 saturated carbocycles. The van der Waals surface area contributed by atoms with Crippen LogP contribution in [-0.2, 0) is 38.0 Å². The summed E-state index contributed by atoms with van der Waals surface area (Å²) in [6.07, 6.45) is 24.3. The highest BCUT2D eigenvalue weighted by atomic mass is 16.7. The molecule has 2 aliphatic heterocycles. The van der Waals surface area contributed by atoms with Crippen molar-refractivity contribution < 1.29 is 73.8 Å². The van der Waals surface area contributed by atoms with Crippen LogP contribution in [0.2, 0.25) is 0 Å². The van der Waals surface area contributed by atoms with Crippen LogP contribution in [0.1, 0.15) is 168 Å². The number of allylic oxidation sites excluding steroid dienone is 8. The number of hydrogen-bond donors (Lipinski definition) is 7. The Morgan fingerprint density at radius 3 is 1.53 bits per heavy atom. The first-order chi connectivity index (χ1) is 32.0. The number of hydrogen-bond acceptors (Lipinski definition) is 15. The zero-order valence-corrected chi connectivity index (χ0v) is 40.2.